The number of aromatic nitrogens is 1. The Morgan fingerprint density at radius 1 is 1.28 bits per heavy atom. The molecule has 2 rings (SSSR count). The van der Waals surface area contributed by atoms with Crippen molar-refractivity contribution in [3.05, 3.63) is 24.4 Å². The Morgan fingerprint density at radius 2 is 2.08 bits per heavy atom. The fourth-order valence-electron chi connectivity index (χ4n) is 3.12. The van der Waals surface area contributed by atoms with Crippen molar-refractivity contribution in [1.29, 1.82) is 0 Å². The zero-order valence-corrected chi connectivity index (χ0v) is 16.1. The number of hydrogen-bond donors (Lipinski definition) is 3. The molecule has 0 saturated carbocycles. The van der Waals surface area contributed by atoms with Gasteiger partial charge in [0.15, 0.2) is 5.96 Å². The molecule has 1 aromatic heterocycles. The minimum atomic E-state index is 0.472. The smallest absolute Gasteiger partial charge is 0.191 e. The maximum atomic E-state index is 4.37. The quantitative estimate of drug-likeness (QED) is 0.382. The van der Waals surface area contributed by atoms with Crippen LogP contribution in [0, 0.1) is 5.92 Å². The summed E-state index contributed by atoms with van der Waals surface area (Å²) in [5.41, 5.74) is 0. The van der Waals surface area contributed by atoms with Gasteiger partial charge < -0.3 is 16.0 Å². The average molecular weight is 347 g/mol. The van der Waals surface area contributed by atoms with Crippen LogP contribution in [-0.4, -0.2) is 61.2 Å². The highest BCUT2D eigenvalue weighted by molar-refractivity contribution is 5.80. The van der Waals surface area contributed by atoms with Crippen LogP contribution in [-0.2, 0) is 0 Å². The highest BCUT2D eigenvalue weighted by atomic mass is 15.3. The van der Waals surface area contributed by atoms with E-state index in [4.69, 9.17) is 0 Å². The molecule has 0 aliphatic carbocycles. The standard InChI is InChI=1S/C19H34N6/c1-15(2)25-13-16(3)17(14-25)24-19(20-4)23-12-8-7-11-22-18-9-5-6-10-21-18/h5-6,9-10,15-17H,7-8,11-14H2,1-4H3,(H,21,22)(H2,20,23,24). The highest BCUT2D eigenvalue weighted by Crippen LogP contribution is 2.18. The largest absolute Gasteiger partial charge is 0.370 e. The van der Waals surface area contributed by atoms with Crippen molar-refractivity contribution >= 4 is 11.8 Å². The van der Waals surface area contributed by atoms with E-state index in [1.54, 1.807) is 0 Å². The number of hydrogen-bond acceptors (Lipinski definition) is 4. The van der Waals surface area contributed by atoms with Gasteiger partial charge in [0.25, 0.3) is 0 Å². The van der Waals surface area contributed by atoms with Gasteiger partial charge in [0, 0.05) is 51.5 Å². The molecule has 2 atom stereocenters. The number of nitrogens with zero attached hydrogens (tertiary/aromatic N) is 3. The summed E-state index contributed by atoms with van der Waals surface area (Å²) in [7, 11) is 1.85. The molecule has 0 spiro atoms. The van der Waals surface area contributed by atoms with Gasteiger partial charge in [-0.1, -0.05) is 13.0 Å². The monoisotopic (exact) mass is 346 g/mol. The van der Waals surface area contributed by atoms with Gasteiger partial charge in [-0.05, 0) is 44.7 Å². The first-order valence-corrected chi connectivity index (χ1v) is 9.46. The van der Waals surface area contributed by atoms with Gasteiger partial charge in [0.2, 0.25) is 0 Å². The fraction of sp³-hybridized carbons (Fsp3) is 0.684. The van der Waals surface area contributed by atoms with Gasteiger partial charge >= 0.3 is 0 Å². The van der Waals surface area contributed by atoms with E-state index >= 15 is 0 Å². The summed E-state index contributed by atoms with van der Waals surface area (Å²) in [5.74, 6) is 2.50. The lowest BCUT2D eigenvalue weighted by atomic mass is 10.1. The van der Waals surface area contributed by atoms with Crippen LogP contribution in [0.25, 0.3) is 0 Å². The molecule has 0 amide bonds. The van der Waals surface area contributed by atoms with E-state index in [0.29, 0.717) is 18.0 Å². The molecule has 2 heterocycles. The summed E-state index contributed by atoms with van der Waals surface area (Å²) in [5, 5.41) is 10.4. The second-order valence-corrected chi connectivity index (χ2v) is 7.12. The van der Waals surface area contributed by atoms with Crippen molar-refractivity contribution < 1.29 is 0 Å². The molecular weight excluding hydrogens is 312 g/mol. The van der Waals surface area contributed by atoms with Crippen LogP contribution >= 0.6 is 0 Å². The molecule has 6 nitrogen and oxygen atoms in total. The maximum absolute atomic E-state index is 4.37. The summed E-state index contributed by atoms with van der Waals surface area (Å²) in [4.78, 5) is 11.2. The zero-order valence-electron chi connectivity index (χ0n) is 16.1. The maximum Gasteiger partial charge on any atom is 0.191 e. The molecule has 6 heteroatoms. The summed E-state index contributed by atoms with van der Waals surface area (Å²) < 4.78 is 0. The van der Waals surface area contributed by atoms with Crippen LogP contribution in [0.5, 0.6) is 0 Å². The molecule has 3 N–H and O–H groups in total. The second-order valence-electron chi connectivity index (χ2n) is 7.12. The average Bonchev–Trinajstić information content (AvgIpc) is 2.98. The first-order valence-electron chi connectivity index (χ1n) is 9.46. The second kappa shape index (κ2) is 10.2. The third kappa shape index (κ3) is 6.53. The lowest BCUT2D eigenvalue weighted by Gasteiger charge is -2.22. The van der Waals surface area contributed by atoms with Crippen LogP contribution < -0.4 is 16.0 Å². The first kappa shape index (κ1) is 19.5. The lowest BCUT2D eigenvalue weighted by Crippen LogP contribution is -2.47. The third-order valence-corrected chi connectivity index (χ3v) is 4.78. The summed E-state index contributed by atoms with van der Waals surface area (Å²) in [6, 6.07) is 7.00. The number of anilines is 1. The van der Waals surface area contributed by atoms with Gasteiger partial charge in [0.05, 0.1) is 0 Å². The molecule has 2 unspecified atom stereocenters. The number of guanidine groups is 1. The van der Waals surface area contributed by atoms with Crippen LogP contribution in [0.3, 0.4) is 0 Å². The van der Waals surface area contributed by atoms with Gasteiger partial charge in [0.1, 0.15) is 5.82 Å². The Hall–Kier alpha value is -1.82. The van der Waals surface area contributed by atoms with E-state index < -0.39 is 0 Å². The Kier molecular flexibility index (Phi) is 7.98. The minimum absolute atomic E-state index is 0.472. The van der Waals surface area contributed by atoms with Crippen molar-refractivity contribution in [3.63, 3.8) is 0 Å². The van der Waals surface area contributed by atoms with E-state index in [-0.39, 0.29) is 0 Å². The van der Waals surface area contributed by atoms with Crippen molar-refractivity contribution in [2.24, 2.45) is 10.9 Å². The van der Waals surface area contributed by atoms with Gasteiger partial charge in [-0.25, -0.2) is 4.98 Å². The molecule has 1 aliphatic heterocycles. The predicted octanol–water partition coefficient (Wildman–Crippen LogP) is 2.17. The Bertz CT molecular complexity index is 516. The van der Waals surface area contributed by atoms with Crippen LogP contribution in [0.1, 0.15) is 33.6 Å². The number of pyridine rings is 1. The van der Waals surface area contributed by atoms with Gasteiger partial charge in [-0.2, -0.15) is 0 Å². The molecule has 0 bridgehead atoms. The number of nitrogens with one attached hydrogen (secondary N) is 3. The van der Waals surface area contributed by atoms with Crippen molar-refractivity contribution in [2.45, 2.75) is 45.7 Å². The normalized spacial score (nSPS) is 21.6. The number of likely N-dealkylation sites (tertiary alicyclic amines) is 1. The Labute approximate surface area is 152 Å². The van der Waals surface area contributed by atoms with Crippen molar-refractivity contribution in [2.75, 3.05) is 38.5 Å². The molecule has 1 fully saturated rings. The first-order chi connectivity index (χ1) is 12.1. The summed E-state index contributed by atoms with van der Waals surface area (Å²) >= 11 is 0. The lowest BCUT2D eigenvalue weighted by molar-refractivity contribution is 0.265. The van der Waals surface area contributed by atoms with Crippen LogP contribution in [0.15, 0.2) is 29.4 Å². The summed E-state index contributed by atoms with van der Waals surface area (Å²) in [6.07, 6.45) is 4.00. The van der Waals surface area contributed by atoms with Gasteiger partial charge in [-0.3, -0.25) is 9.89 Å². The van der Waals surface area contributed by atoms with E-state index in [9.17, 15) is 0 Å². The topological polar surface area (TPSA) is 64.6 Å². The number of aliphatic imine (C=N–C) groups is 1. The molecule has 140 valence electrons. The van der Waals surface area contributed by atoms with Crippen molar-refractivity contribution in [1.82, 2.24) is 20.5 Å². The number of rotatable bonds is 8. The molecular formula is C19H34N6. The number of unbranched alkanes of at least 4 members (excludes halogenated alkanes) is 1. The van der Waals surface area contributed by atoms with Crippen LogP contribution in [0.2, 0.25) is 0 Å². The van der Waals surface area contributed by atoms with E-state index in [0.717, 1.165) is 50.8 Å². The van der Waals surface area contributed by atoms with E-state index in [1.165, 1.54) is 0 Å². The molecule has 25 heavy (non-hydrogen) atoms. The third-order valence-electron chi connectivity index (χ3n) is 4.78. The highest BCUT2D eigenvalue weighted by Gasteiger charge is 2.31. The zero-order chi connectivity index (χ0) is 18.1. The Balaban J connectivity index is 1.61. The van der Waals surface area contributed by atoms with E-state index in [2.05, 4.69) is 51.6 Å². The van der Waals surface area contributed by atoms with Crippen molar-refractivity contribution in [3.8, 4) is 0 Å². The fourth-order valence-corrected chi connectivity index (χ4v) is 3.12. The SMILES string of the molecule is CN=C(NCCCCNc1ccccn1)NC1CN(C(C)C)CC1C. The molecule has 1 saturated heterocycles. The summed E-state index contributed by atoms with van der Waals surface area (Å²) in [6.45, 7) is 11.0. The molecule has 0 radical (unpaired) electrons. The van der Waals surface area contributed by atoms with E-state index in [1.807, 2.05) is 31.4 Å². The van der Waals surface area contributed by atoms with Crippen LogP contribution in [0.4, 0.5) is 5.82 Å². The predicted molar refractivity (Wildman–Crippen MR) is 106 cm³/mol. The molecule has 1 aromatic rings. The molecule has 1 aliphatic rings. The molecule has 0 aromatic carbocycles. The Morgan fingerprint density at radius 3 is 2.72 bits per heavy atom. The minimum Gasteiger partial charge on any atom is -0.370 e. The van der Waals surface area contributed by atoms with Gasteiger partial charge in [-0.15, -0.1) is 0 Å².